The number of hydroxylamine groups is 2. The summed E-state index contributed by atoms with van der Waals surface area (Å²) in [5, 5.41) is 12.6. The van der Waals surface area contributed by atoms with E-state index in [9.17, 15) is 9.59 Å². The lowest BCUT2D eigenvalue weighted by molar-refractivity contribution is -0.141. The van der Waals surface area contributed by atoms with E-state index in [1.807, 2.05) is 30.3 Å². The van der Waals surface area contributed by atoms with Gasteiger partial charge in [0.25, 0.3) is 0 Å². The molecule has 0 saturated carbocycles. The lowest BCUT2D eigenvalue weighted by Crippen LogP contribution is -2.43. The first kappa shape index (κ1) is 18.9. The second kappa shape index (κ2) is 7.55. The van der Waals surface area contributed by atoms with E-state index in [1.165, 1.54) is 12.0 Å². The fourth-order valence-electron chi connectivity index (χ4n) is 3.73. The Balaban J connectivity index is 1.66. The summed E-state index contributed by atoms with van der Waals surface area (Å²) in [6.07, 6.45) is 1.74. The number of carbonyl (C=O) groups excluding carboxylic acids is 2. The topological polar surface area (TPSA) is 101 Å². The standard InChI is InChI=1S/C19H22N6O4/c1-12(26)29-22-18(20-2)17-16-14(9-21-23(16)3)15-10-24(17)19(27)25(15)28-11-13-7-5-4-6-8-13/h4-9,15,17H,10-11H2,1-3H3,(H,20,22)/t15-,17-/m0/s1. The van der Waals surface area contributed by atoms with Crippen LogP contribution in [0.15, 0.2) is 41.7 Å². The lowest BCUT2D eigenvalue weighted by atomic mass is 9.97. The number of fused-ring (bicyclic) bond motifs is 4. The highest BCUT2D eigenvalue weighted by molar-refractivity contribution is 5.93. The molecular formula is C19H22N6O4. The third-order valence-corrected chi connectivity index (χ3v) is 5.03. The van der Waals surface area contributed by atoms with E-state index in [1.54, 1.807) is 29.9 Å². The summed E-state index contributed by atoms with van der Waals surface area (Å²) in [4.78, 5) is 36.7. The van der Waals surface area contributed by atoms with Crippen LogP contribution < -0.4 is 5.32 Å². The van der Waals surface area contributed by atoms with Crippen LogP contribution in [0.5, 0.6) is 0 Å². The molecule has 4 rings (SSSR count). The SMILES string of the molecule is CN/C(=N\OC(C)=O)[C@@H]1c2c(cnn2C)[C@@H]2CN1C(=O)N2OCc1ccccc1. The minimum atomic E-state index is -0.573. The molecule has 0 spiro atoms. The Morgan fingerprint density at radius 3 is 2.79 bits per heavy atom. The van der Waals surface area contributed by atoms with E-state index >= 15 is 0 Å². The van der Waals surface area contributed by atoms with E-state index < -0.39 is 12.0 Å². The number of aryl methyl sites for hydroxylation is 1. The molecule has 2 bridgehead atoms. The van der Waals surface area contributed by atoms with Crippen molar-refractivity contribution < 1.29 is 19.3 Å². The first-order chi connectivity index (χ1) is 14.0. The Bertz CT molecular complexity index is 957. The summed E-state index contributed by atoms with van der Waals surface area (Å²) in [5.74, 6) is -0.209. The van der Waals surface area contributed by atoms with Crippen LogP contribution in [0.3, 0.4) is 0 Å². The molecule has 1 aromatic heterocycles. The Morgan fingerprint density at radius 1 is 1.34 bits per heavy atom. The van der Waals surface area contributed by atoms with Crippen molar-refractivity contribution in [2.75, 3.05) is 13.6 Å². The third-order valence-electron chi connectivity index (χ3n) is 5.03. The van der Waals surface area contributed by atoms with Gasteiger partial charge in [0.1, 0.15) is 18.7 Å². The van der Waals surface area contributed by atoms with E-state index in [-0.39, 0.29) is 18.7 Å². The number of rotatable bonds is 5. The molecular weight excluding hydrogens is 376 g/mol. The van der Waals surface area contributed by atoms with Crippen LogP contribution in [0.4, 0.5) is 4.79 Å². The average Bonchev–Trinajstić information content (AvgIpc) is 3.23. The number of urea groups is 1. The monoisotopic (exact) mass is 398 g/mol. The third kappa shape index (κ3) is 3.31. The number of oxime groups is 1. The summed E-state index contributed by atoms with van der Waals surface area (Å²) >= 11 is 0. The van der Waals surface area contributed by atoms with Crippen molar-refractivity contribution in [3.8, 4) is 0 Å². The first-order valence-electron chi connectivity index (χ1n) is 9.23. The molecule has 10 heteroatoms. The summed E-state index contributed by atoms with van der Waals surface area (Å²) in [6, 6.07) is 8.52. The van der Waals surface area contributed by atoms with Gasteiger partial charge in [0.15, 0.2) is 5.84 Å². The molecule has 0 unspecified atom stereocenters. The molecule has 2 aliphatic heterocycles. The van der Waals surface area contributed by atoms with Gasteiger partial charge in [0, 0.05) is 26.6 Å². The van der Waals surface area contributed by atoms with Gasteiger partial charge < -0.3 is 15.1 Å². The molecule has 2 atom stereocenters. The van der Waals surface area contributed by atoms with Gasteiger partial charge in [0.05, 0.1) is 18.4 Å². The van der Waals surface area contributed by atoms with Crippen LogP contribution in [0.2, 0.25) is 0 Å². The molecule has 2 amide bonds. The molecule has 1 N–H and O–H groups in total. The van der Waals surface area contributed by atoms with Gasteiger partial charge in [-0.25, -0.2) is 9.59 Å². The second-order valence-corrected chi connectivity index (χ2v) is 6.86. The van der Waals surface area contributed by atoms with Crippen molar-refractivity contribution in [1.82, 2.24) is 25.1 Å². The number of hydrogen-bond donors (Lipinski definition) is 1. The summed E-state index contributed by atoms with van der Waals surface area (Å²) in [7, 11) is 3.46. The number of aromatic nitrogens is 2. The van der Waals surface area contributed by atoms with Crippen molar-refractivity contribution in [2.45, 2.75) is 25.6 Å². The van der Waals surface area contributed by atoms with Gasteiger partial charge >= 0.3 is 12.0 Å². The van der Waals surface area contributed by atoms with Crippen molar-refractivity contribution in [3.05, 3.63) is 53.3 Å². The number of amides is 2. The Kier molecular flexibility index (Phi) is 4.93. The van der Waals surface area contributed by atoms with E-state index in [0.717, 1.165) is 16.8 Å². The largest absolute Gasteiger partial charge is 0.372 e. The van der Waals surface area contributed by atoms with Gasteiger partial charge in [-0.05, 0) is 5.56 Å². The van der Waals surface area contributed by atoms with Gasteiger partial charge in [-0.3, -0.25) is 9.52 Å². The van der Waals surface area contributed by atoms with Gasteiger partial charge in [-0.2, -0.15) is 10.2 Å². The number of likely N-dealkylation sites (N-methyl/N-ethyl adjacent to an activating group) is 1. The molecule has 29 heavy (non-hydrogen) atoms. The maximum atomic E-state index is 13.2. The highest BCUT2D eigenvalue weighted by Crippen LogP contribution is 2.44. The van der Waals surface area contributed by atoms with E-state index in [2.05, 4.69) is 15.6 Å². The molecule has 0 aliphatic carbocycles. The zero-order valence-electron chi connectivity index (χ0n) is 16.4. The maximum absolute atomic E-state index is 13.2. The van der Waals surface area contributed by atoms with Crippen LogP contribution >= 0.6 is 0 Å². The number of amidine groups is 1. The second-order valence-electron chi connectivity index (χ2n) is 6.86. The van der Waals surface area contributed by atoms with Crippen LogP contribution in [0.1, 0.15) is 35.8 Å². The van der Waals surface area contributed by atoms with Crippen molar-refractivity contribution >= 4 is 17.8 Å². The smallest absolute Gasteiger partial charge is 0.345 e. The number of hydrogen-bond acceptors (Lipinski definition) is 6. The van der Waals surface area contributed by atoms with Crippen LogP contribution in [-0.2, 0) is 28.1 Å². The van der Waals surface area contributed by atoms with Crippen LogP contribution in [0, 0.1) is 0 Å². The lowest BCUT2D eigenvalue weighted by Gasteiger charge is -2.31. The highest BCUT2D eigenvalue weighted by atomic mass is 16.7. The van der Waals surface area contributed by atoms with Crippen LogP contribution in [0.25, 0.3) is 0 Å². The Morgan fingerprint density at radius 2 is 2.10 bits per heavy atom. The molecule has 10 nitrogen and oxygen atoms in total. The molecule has 2 aromatic rings. The Labute approximate surface area is 167 Å². The average molecular weight is 398 g/mol. The molecule has 2 aliphatic rings. The van der Waals surface area contributed by atoms with Gasteiger partial charge in [-0.1, -0.05) is 35.5 Å². The maximum Gasteiger partial charge on any atom is 0.345 e. The minimum Gasteiger partial charge on any atom is -0.372 e. The van der Waals surface area contributed by atoms with Crippen molar-refractivity contribution in [3.63, 3.8) is 0 Å². The minimum absolute atomic E-state index is 0.275. The molecule has 1 fully saturated rings. The quantitative estimate of drug-likeness (QED) is 0.354. The molecule has 1 aromatic carbocycles. The molecule has 152 valence electrons. The normalized spacial score (nSPS) is 20.7. The zero-order chi connectivity index (χ0) is 20.5. The predicted octanol–water partition coefficient (Wildman–Crippen LogP) is 1.48. The van der Waals surface area contributed by atoms with E-state index in [0.29, 0.717) is 12.4 Å². The summed E-state index contributed by atoms with van der Waals surface area (Å²) in [5.41, 5.74) is 2.63. The molecule has 0 radical (unpaired) electrons. The number of carbonyl (C=O) groups is 2. The number of nitrogens with zero attached hydrogens (tertiary/aromatic N) is 5. The van der Waals surface area contributed by atoms with Crippen LogP contribution in [-0.4, -0.2) is 51.2 Å². The molecule has 3 heterocycles. The highest BCUT2D eigenvalue weighted by Gasteiger charge is 2.52. The first-order valence-corrected chi connectivity index (χ1v) is 9.23. The van der Waals surface area contributed by atoms with Gasteiger partial charge in [0.2, 0.25) is 0 Å². The number of benzene rings is 1. The Hall–Kier alpha value is -3.40. The van der Waals surface area contributed by atoms with Crippen molar-refractivity contribution in [1.29, 1.82) is 0 Å². The number of nitrogens with one attached hydrogen (secondary N) is 1. The summed E-state index contributed by atoms with van der Waals surface area (Å²) < 4.78 is 1.70. The van der Waals surface area contributed by atoms with Gasteiger partial charge in [-0.15, -0.1) is 0 Å². The molecule has 1 saturated heterocycles. The predicted molar refractivity (Wildman–Crippen MR) is 102 cm³/mol. The fourth-order valence-corrected chi connectivity index (χ4v) is 3.73. The van der Waals surface area contributed by atoms with Crippen molar-refractivity contribution in [2.24, 2.45) is 12.2 Å². The fraction of sp³-hybridized carbons (Fsp3) is 0.368. The van der Waals surface area contributed by atoms with E-state index in [4.69, 9.17) is 9.68 Å². The summed E-state index contributed by atoms with van der Waals surface area (Å²) in [6.45, 7) is 1.96. The zero-order valence-corrected chi connectivity index (χ0v) is 16.4.